The Morgan fingerprint density at radius 2 is 1.62 bits per heavy atom. The number of hydrogen-bond acceptors (Lipinski definition) is 4. The summed E-state index contributed by atoms with van der Waals surface area (Å²) in [4.78, 5) is 11.9. The van der Waals surface area contributed by atoms with Crippen LogP contribution in [0.4, 0.5) is 0 Å². The van der Waals surface area contributed by atoms with E-state index in [1.807, 2.05) is 0 Å². The van der Waals surface area contributed by atoms with E-state index >= 15 is 0 Å². The minimum Gasteiger partial charge on any atom is -0.297 e. The van der Waals surface area contributed by atoms with E-state index in [2.05, 4.69) is 0 Å². The second-order valence-corrected chi connectivity index (χ2v) is 5.61. The monoisotopic (exact) mass is 240 g/mol. The molecule has 1 aliphatic heterocycles. The average molecular weight is 240 g/mol. The molecule has 2 rings (SSSR count). The first-order valence-electron chi connectivity index (χ1n) is 5.10. The standard InChI is InChI=1S/C11H13O4P/c1-8-9(2)15-16(13,14-8)11(12)10-6-4-3-5-7-10/h3-9H,1-2H3. The molecule has 2 atom stereocenters. The Bertz CT molecular complexity index is 429. The second kappa shape index (κ2) is 4.13. The fourth-order valence-electron chi connectivity index (χ4n) is 1.47. The van der Waals surface area contributed by atoms with Gasteiger partial charge in [0.15, 0.2) is 0 Å². The summed E-state index contributed by atoms with van der Waals surface area (Å²) in [5.74, 6) is 0. The largest absolute Gasteiger partial charge is 0.402 e. The number of rotatable bonds is 2. The zero-order valence-electron chi connectivity index (χ0n) is 9.12. The van der Waals surface area contributed by atoms with Gasteiger partial charge in [-0.3, -0.25) is 18.4 Å². The van der Waals surface area contributed by atoms with E-state index in [0.29, 0.717) is 5.56 Å². The lowest BCUT2D eigenvalue weighted by molar-refractivity contribution is 0.103. The molecule has 1 heterocycles. The van der Waals surface area contributed by atoms with Crippen LogP contribution < -0.4 is 0 Å². The van der Waals surface area contributed by atoms with Crippen molar-refractivity contribution in [3.8, 4) is 0 Å². The Balaban J connectivity index is 2.27. The highest BCUT2D eigenvalue weighted by atomic mass is 31.2. The number of hydrogen-bond donors (Lipinski definition) is 0. The molecule has 0 saturated carbocycles. The maximum atomic E-state index is 12.1. The van der Waals surface area contributed by atoms with Crippen molar-refractivity contribution in [3.05, 3.63) is 35.9 Å². The Morgan fingerprint density at radius 3 is 2.12 bits per heavy atom. The van der Waals surface area contributed by atoms with Crippen LogP contribution in [0.15, 0.2) is 30.3 Å². The van der Waals surface area contributed by atoms with Crippen LogP contribution in [-0.2, 0) is 13.6 Å². The lowest BCUT2D eigenvalue weighted by Gasteiger charge is -2.08. The molecule has 1 aliphatic rings. The van der Waals surface area contributed by atoms with Gasteiger partial charge in [0, 0.05) is 5.56 Å². The highest BCUT2D eigenvalue weighted by Crippen LogP contribution is 2.58. The summed E-state index contributed by atoms with van der Waals surface area (Å²) in [5, 5.41) is 0. The predicted octanol–water partition coefficient (Wildman–Crippen LogP) is 2.84. The molecule has 0 amide bonds. The molecule has 5 heteroatoms. The van der Waals surface area contributed by atoms with Crippen molar-refractivity contribution >= 4 is 13.1 Å². The SMILES string of the molecule is CC1OP(=O)(C(=O)c2ccccc2)OC1C. The van der Waals surface area contributed by atoms with E-state index in [4.69, 9.17) is 9.05 Å². The van der Waals surface area contributed by atoms with Gasteiger partial charge in [0.1, 0.15) is 0 Å². The zero-order valence-corrected chi connectivity index (χ0v) is 10.0. The predicted molar refractivity (Wildman–Crippen MR) is 59.5 cm³/mol. The lowest BCUT2D eigenvalue weighted by Crippen LogP contribution is -2.13. The van der Waals surface area contributed by atoms with Gasteiger partial charge in [-0.15, -0.1) is 0 Å². The van der Waals surface area contributed by atoms with Crippen molar-refractivity contribution in [2.45, 2.75) is 26.1 Å². The van der Waals surface area contributed by atoms with Gasteiger partial charge in [-0.2, -0.15) is 0 Å². The van der Waals surface area contributed by atoms with Crippen LogP contribution in [0.5, 0.6) is 0 Å². The van der Waals surface area contributed by atoms with E-state index in [1.54, 1.807) is 44.2 Å². The van der Waals surface area contributed by atoms with Crippen molar-refractivity contribution < 1.29 is 18.4 Å². The first-order chi connectivity index (χ1) is 7.53. The second-order valence-electron chi connectivity index (χ2n) is 3.79. The fraction of sp³-hybridized carbons (Fsp3) is 0.364. The molecular formula is C11H13O4P. The van der Waals surface area contributed by atoms with E-state index in [1.165, 1.54) is 0 Å². The molecule has 0 aromatic heterocycles. The van der Waals surface area contributed by atoms with E-state index < -0.39 is 13.1 Å². The molecule has 86 valence electrons. The summed E-state index contributed by atoms with van der Waals surface area (Å²) in [7, 11) is -3.63. The molecule has 0 N–H and O–H groups in total. The van der Waals surface area contributed by atoms with E-state index in [9.17, 15) is 9.36 Å². The zero-order chi connectivity index (χ0) is 11.8. The van der Waals surface area contributed by atoms with Gasteiger partial charge in [-0.1, -0.05) is 30.3 Å². The van der Waals surface area contributed by atoms with Crippen LogP contribution in [0.1, 0.15) is 24.2 Å². The molecule has 0 aliphatic carbocycles. The molecule has 16 heavy (non-hydrogen) atoms. The first kappa shape index (κ1) is 11.5. The normalized spacial score (nSPS) is 33.9. The van der Waals surface area contributed by atoms with Crippen molar-refractivity contribution in [1.29, 1.82) is 0 Å². The minimum absolute atomic E-state index is 0.321. The fourth-order valence-corrected chi connectivity index (χ4v) is 3.39. The van der Waals surface area contributed by atoms with Gasteiger partial charge in [-0.05, 0) is 13.8 Å². The van der Waals surface area contributed by atoms with Crippen LogP contribution >= 0.6 is 7.60 Å². The molecule has 0 bridgehead atoms. The van der Waals surface area contributed by atoms with Crippen molar-refractivity contribution in [1.82, 2.24) is 0 Å². The van der Waals surface area contributed by atoms with Crippen LogP contribution in [0.25, 0.3) is 0 Å². The molecule has 1 saturated heterocycles. The Labute approximate surface area is 94.1 Å². The van der Waals surface area contributed by atoms with E-state index in [-0.39, 0.29) is 12.2 Å². The topological polar surface area (TPSA) is 52.6 Å². The van der Waals surface area contributed by atoms with Crippen LogP contribution in [-0.4, -0.2) is 17.7 Å². The Kier molecular flexibility index (Phi) is 2.98. The molecule has 4 nitrogen and oxygen atoms in total. The lowest BCUT2D eigenvalue weighted by atomic mass is 10.2. The van der Waals surface area contributed by atoms with Gasteiger partial charge in [0.05, 0.1) is 12.2 Å². The molecule has 0 spiro atoms. The summed E-state index contributed by atoms with van der Waals surface area (Å²) in [6.07, 6.45) is -0.642. The van der Waals surface area contributed by atoms with Crippen LogP contribution in [0.3, 0.4) is 0 Å². The van der Waals surface area contributed by atoms with Crippen molar-refractivity contribution in [3.63, 3.8) is 0 Å². The summed E-state index contributed by atoms with van der Waals surface area (Å²) in [5.41, 5.74) is -0.212. The minimum atomic E-state index is -3.63. The third kappa shape index (κ3) is 1.96. The van der Waals surface area contributed by atoms with Gasteiger partial charge in [-0.25, -0.2) is 0 Å². The van der Waals surface area contributed by atoms with Gasteiger partial charge in [0.25, 0.3) is 5.52 Å². The average Bonchev–Trinajstić information content (AvgIpc) is 2.54. The maximum Gasteiger partial charge on any atom is 0.402 e. The molecule has 1 aromatic rings. The smallest absolute Gasteiger partial charge is 0.297 e. The summed E-state index contributed by atoms with van der Waals surface area (Å²) in [6, 6.07) is 8.41. The third-order valence-electron chi connectivity index (χ3n) is 2.54. The summed E-state index contributed by atoms with van der Waals surface area (Å²) >= 11 is 0. The highest BCUT2D eigenvalue weighted by Gasteiger charge is 2.46. The molecule has 0 radical (unpaired) electrons. The van der Waals surface area contributed by atoms with Gasteiger partial charge in [0.2, 0.25) is 0 Å². The Hall–Kier alpha value is -0.960. The third-order valence-corrected chi connectivity index (χ3v) is 4.52. The molecule has 2 unspecified atom stereocenters. The van der Waals surface area contributed by atoms with Crippen molar-refractivity contribution in [2.24, 2.45) is 0 Å². The number of benzene rings is 1. The van der Waals surface area contributed by atoms with Crippen LogP contribution in [0.2, 0.25) is 0 Å². The van der Waals surface area contributed by atoms with Crippen LogP contribution in [0, 0.1) is 0 Å². The molecule has 1 aromatic carbocycles. The Morgan fingerprint density at radius 1 is 1.12 bits per heavy atom. The quantitative estimate of drug-likeness (QED) is 0.746. The van der Waals surface area contributed by atoms with Gasteiger partial charge < -0.3 is 0 Å². The molecule has 1 fully saturated rings. The van der Waals surface area contributed by atoms with Gasteiger partial charge >= 0.3 is 7.60 Å². The summed E-state index contributed by atoms with van der Waals surface area (Å²) in [6.45, 7) is 3.48. The number of carbonyl (C=O) groups is 1. The van der Waals surface area contributed by atoms with E-state index in [0.717, 1.165) is 0 Å². The molecular weight excluding hydrogens is 227 g/mol. The number of carbonyl (C=O) groups excluding carboxylic acids is 1. The highest BCUT2D eigenvalue weighted by molar-refractivity contribution is 7.72. The summed E-state index contributed by atoms with van der Waals surface area (Å²) < 4.78 is 22.5. The maximum absolute atomic E-state index is 12.1. The first-order valence-corrected chi connectivity index (χ1v) is 6.64. The van der Waals surface area contributed by atoms with Crippen molar-refractivity contribution in [2.75, 3.05) is 0 Å².